The van der Waals surface area contributed by atoms with Crippen LogP contribution in [-0.4, -0.2) is 73.7 Å². The predicted molar refractivity (Wildman–Crippen MR) is 129 cm³/mol. The van der Waals surface area contributed by atoms with Crippen molar-refractivity contribution < 1.29 is 17.9 Å². The average Bonchev–Trinajstić information content (AvgIpc) is 3.59. The maximum absolute atomic E-state index is 13.3. The van der Waals surface area contributed by atoms with E-state index in [2.05, 4.69) is 27.1 Å². The second-order valence-corrected chi connectivity index (χ2v) is 12.4. The number of hydrazine groups is 1. The minimum Gasteiger partial charge on any atom is -0.378 e. The van der Waals surface area contributed by atoms with Crippen LogP contribution in [0.3, 0.4) is 0 Å². The van der Waals surface area contributed by atoms with E-state index in [1.165, 1.54) is 4.31 Å². The molecule has 3 unspecified atom stereocenters. The van der Waals surface area contributed by atoms with Gasteiger partial charge in [-0.3, -0.25) is 4.79 Å². The lowest BCUT2D eigenvalue weighted by Crippen LogP contribution is -2.55. The molecule has 4 fully saturated rings. The number of nitrogens with zero attached hydrogens (tertiary/aromatic N) is 3. The van der Waals surface area contributed by atoms with Crippen LogP contribution in [0.2, 0.25) is 0 Å². The lowest BCUT2D eigenvalue weighted by atomic mass is 9.90. The number of morpholine rings is 1. The first-order valence-electron chi connectivity index (χ1n) is 12.4. The smallest absolute Gasteiger partial charge is 0.243 e. The maximum Gasteiger partial charge on any atom is 0.243 e. The molecule has 0 bridgehead atoms. The monoisotopic (exact) mass is 502 g/mol. The molecule has 0 spiro atoms. The van der Waals surface area contributed by atoms with E-state index in [1.807, 2.05) is 13.8 Å². The van der Waals surface area contributed by atoms with E-state index in [4.69, 9.17) is 4.74 Å². The van der Waals surface area contributed by atoms with Crippen molar-refractivity contribution in [3.05, 3.63) is 24.3 Å². The van der Waals surface area contributed by atoms with E-state index >= 15 is 0 Å². The Morgan fingerprint density at radius 1 is 1.26 bits per heavy atom. The van der Waals surface area contributed by atoms with Gasteiger partial charge in [0.25, 0.3) is 0 Å². The summed E-state index contributed by atoms with van der Waals surface area (Å²) in [7, 11) is -3.66. The van der Waals surface area contributed by atoms with Gasteiger partial charge >= 0.3 is 0 Å². The zero-order valence-electron chi connectivity index (χ0n) is 20.2. The summed E-state index contributed by atoms with van der Waals surface area (Å²) in [5.74, 6) is 0.177. The van der Waals surface area contributed by atoms with Crippen LogP contribution in [-0.2, 0) is 19.6 Å². The third kappa shape index (κ3) is 4.66. The van der Waals surface area contributed by atoms with Crippen molar-refractivity contribution in [2.24, 2.45) is 11.8 Å². The summed E-state index contributed by atoms with van der Waals surface area (Å²) in [6.45, 7) is 5.41. The molecule has 3 saturated heterocycles. The summed E-state index contributed by atoms with van der Waals surface area (Å²) in [6.07, 6.45) is 3.13. The van der Waals surface area contributed by atoms with Gasteiger partial charge in [-0.25, -0.2) is 18.9 Å². The van der Waals surface area contributed by atoms with Crippen molar-refractivity contribution in [3.63, 3.8) is 0 Å². The highest BCUT2D eigenvalue weighted by molar-refractivity contribution is 7.89. The highest BCUT2D eigenvalue weighted by atomic mass is 32.2. The Kier molecular flexibility index (Phi) is 6.52. The number of piperidine rings is 1. The Hall–Kier alpha value is -2.23. The third-order valence-electron chi connectivity index (χ3n) is 7.62. The van der Waals surface area contributed by atoms with Crippen molar-refractivity contribution in [3.8, 4) is 6.07 Å². The van der Waals surface area contributed by atoms with E-state index in [1.54, 1.807) is 24.3 Å². The first-order chi connectivity index (χ1) is 16.7. The molecule has 10 nitrogen and oxygen atoms in total. The molecule has 0 aromatic heterocycles. The molecular weight excluding hydrogens is 468 g/mol. The van der Waals surface area contributed by atoms with Gasteiger partial charge in [0, 0.05) is 30.9 Å². The van der Waals surface area contributed by atoms with E-state index in [0.717, 1.165) is 24.9 Å². The largest absolute Gasteiger partial charge is 0.378 e. The number of hydrogen-bond donors (Lipinski definition) is 3. The van der Waals surface area contributed by atoms with Gasteiger partial charge in [-0.05, 0) is 63.3 Å². The van der Waals surface area contributed by atoms with Gasteiger partial charge in [0.1, 0.15) is 6.17 Å². The minimum absolute atomic E-state index is 0.00555. The molecule has 11 heteroatoms. The van der Waals surface area contributed by atoms with E-state index in [-0.39, 0.29) is 35.0 Å². The average molecular weight is 503 g/mol. The van der Waals surface area contributed by atoms with Crippen LogP contribution in [0.4, 0.5) is 5.69 Å². The molecule has 5 rings (SSSR count). The van der Waals surface area contributed by atoms with Crippen LogP contribution < -0.4 is 16.1 Å². The summed E-state index contributed by atoms with van der Waals surface area (Å²) >= 11 is 0. The van der Waals surface area contributed by atoms with Gasteiger partial charge in [0.05, 0.1) is 42.1 Å². The van der Waals surface area contributed by atoms with Gasteiger partial charge in [0.15, 0.2) is 0 Å². The SMILES string of the molecule is CC1(C)COCCN1S(=O)(=O)c1ccc(NC2NN([C@@H](CC#N)C3CC3)C3CCNC(=O)C23)cc1. The number of hydrogen-bond acceptors (Lipinski definition) is 8. The van der Waals surface area contributed by atoms with Crippen molar-refractivity contribution in [1.29, 1.82) is 5.26 Å². The second-order valence-electron chi connectivity index (χ2n) is 10.6. The zero-order chi connectivity index (χ0) is 24.8. The molecule has 4 atom stereocenters. The predicted octanol–water partition coefficient (Wildman–Crippen LogP) is 1.24. The fourth-order valence-electron chi connectivity index (χ4n) is 5.69. The van der Waals surface area contributed by atoms with Crippen LogP contribution in [0.1, 0.15) is 39.5 Å². The fraction of sp³-hybridized carbons (Fsp3) is 0.667. The number of ether oxygens (including phenoxy) is 1. The number of nitriles is 1. The molecule has 190 valence electrons. The third-order valence-corrected chi connectivity index (χ3v) is 9.74. The topological polar surface area (TPSA) is 127 Å². The molecule has 3 N–H and O–H groups in total. The zero-order valence-corrected chi connectivity index (χ0v) is 21.1. The Morgan fingerprint density at radius 3 is 2.66 bits per heavy atom. The van der Waals surface area contributed by atoms with Crippen molar-refractivity contribution in [2.45, 2.75) is 68.2 Å². The molecule has 1 aromatic rings. The number of sulfonamides is 1. The Balaban J connectivity index is 1.34. The van der Waals surface area contributed by atoms with E-state index < -0.39 is 15.6 Å². The normalized spacial score (nSPS) is 30.2. The molecule has 1 amide bonds. The molecule has 4 aliphatic rings. The van der Waals surface area contributed by atoms with Crippen molar-refractivity contribution in [2.75, 3.05) is 31.6 Å². The summed E-state index contributed by atoms with van der Waals surface area (Å²) in [5.41, 5.74) is 3.61. The molecule has 1 aromatic carbocycles. The van der Waals surface area contributed by atoms with Gasteiger partial charge in [-0.2, -0.15) is 9.57 Å². The molecule has 0 radical (unpaired) electrons. The number of nitrogens with one attached hydrogen (secondary N) is 3. The number of carbonyl (C=O) groups excluding carboxylic acids is 1. The number of fused-ring (bicyclic) bond motifs is 1. The van der Waals surface area contributed by atoms with Gasteiger partial charge in [0.2, 0.25) is 15.9 Å². The molecule has 1 aliphatic carbocycles. The molecule has 3 aliphatic heterocycles. The first-order valence-corrected chi connectivity index (χ1v) is 13.8. The molecular formula is C24H34N6O4S. The number of rotatable bonds is 7. The number of benzene rings is 1. The van der Waals surface area contributed by atoms with Crippen LogP contribution >= 0.6 is 0 Å². The van der Waals surface area contributed by atoms with E-state index in [0.29, 0.717) is 38.6 Å². The minimum atomic E-state index is -3.66. The maximum atomic E-state index is 13.3. The summed E-state index contributed by atoms with van der Waals surface area (Å²) < 4.78 is 33.6. The number of amides is 1. The highest BCUT2D eigenvalue weighted by Crippen LogP contribution is 2.41. The highest BCUT2D eigenvalue weighted by Gasteiger charge is 2.52. The standard InChI is InChI=1S/C24H34N6O4S/c1-24(2)15-34-14-13-29(24)35(32,33)18-7-5-17(6-8-18)27-22-21-20(10-12-26-23(21)31)30(28-22)19(9-11-25)16-3-4-16/h5-8,16,19-22,27-28H,3-4,9-10,12-15H2,1-2H3,(H,26,31)/t19-,20?,21?,22?/m0/s1. The number of anilines is 1. The molecule has 3 heterocycles. The van der Waals surface area contributed by atoms with Crippen molar-refractivity contribution >= 4 is 21.6 Å². The van der Waals surface area contributed by atoms with Gasteiger partial charge in [-0.1, -0.05) is 0 Å². The van der Waals surface area contributed by atoms with Crippen LogP contribution in [0.25, 0.3) is 0 Å². The number of carbonyl (C=O) groups is 1. The molecule has 35 heavy (non-hydrogen) atoms. The van der Waals surface area contributed by atoms with Crippen LogP contribution in [0.15, 0.2) is 29.2 Å². The fourth-order valence-corrected chi connectivity index (χ4v) is 7.44. The summed E-state index contributed by atoms with van der Waals surface area (Å²) in [6, 6.07) is 9.13. The molecule has 1 saturated carbocycles. The summed E-state index contributed by atoms with van der Waals surface area (Å²) in [4.78, 5) is 13.1. The summed E-state index contributed by atoms with van der Waals surface area (Å²) in [5, 5.41) is 17.9. The Labute approximate surface area is 207 Å². The lowest BCUT2D eigenvalue weighted by Gasteiger charge is -2.40. The van der Waals surface area contributed by atoms with Gasteiger partial charge < -0.3 is 15.4 Å². The van der Waals surface area contributed by atoms with Crippen LogP contribution in [0, 0.1) is 23.2 Å². The lowest BCUT2D eigenvalue weighted by molar-refractivity contribution is -0.128. The second kappa shape index (κ2) is 9.33. The van der Waals surface area contributed by atoms with Gasteiger partial charge in [-0.15, -0.1) is 0 Å². The Morgan fingerprint density at radius 2 is 2.00 bits per heavy atom. The van der Waals surface area contributed by atoms with Crippen LogP contribution in [0.5, 0.6) is 0 Å². The first kappa shape index (κ1) is 24.5. The van der Waals surface area contributed by atoms with E-state index in [9.17, 15) is 18.5 Å². The Bertz CT molecular complexity index is 1100. The quantitative estimate of drug-likeness (QED) is 0.508. The van der Waals surface area contributed by atoms with Crippen molar-refractivity contribution in [1.82, 2.24) is 20.1 Å².